The van der Waals surface area contributed by atoms with Crippen molar-refractivity contribution in [2.24, 2.45) is 0 Å². The Kier molecular flexibility index (Phi) is 45.1. The highest BCUT2D eigenvalue weighted by atomic mass is 16.6. The van der Waals surface area contributed by atoms with Gasteiger partial charge in [-0.2, -0.15) is 0 Å². The van der Waals surface area contributed by atoms with E-state index in [0.717, 1.165) is 103 Å². The first-order valence-corrected chi connectivity index (χ1v) is 26.1. The van der Waals surface area contributed by atoms with Crippen LogP contribution < -0.4 is 5.11 Å². The van der Waals surface area contributed by atoms with E-state index in [2.05, 4.69) is 135 Å². The summed E-state index contributed by atoms with van der Waals surface area (Å²) in [7, 11) is 5.39. The van der Waals surface area contributed by atoms with Gasteiger partial charge in [0.15, 0.2) is 6.10 Å². The minimum Gasteiger partial charge on any atom is -0.544 e. The van der Waals surface area contributed by atoms with Gasteiger partial charge in [-0.05, 0) is 103 Å². The Labute approximate surface area is 410 Å². The number of carboxylic acids is 1. The van der Waals surface area contributed by atoms with E-state index in [-0.39, 0.29) is 49.1 Å². The maximum absolute atomic E-state index is 12.8. The molecule has 8 nitrogen and oxygen atoms in total. The maximum Gasteiger partial charge on any atom is 0.306 e. The number of likely N-dealkylation sites (N-methyl/N-ethyl adjacent to an activating group) is 1. The molecule has 0 radical (unpaired) electrons. The normalized spacial score (nSPS) is 13.9. The Bertz CT molecular complexity index is 1500. The zero-order chi connectivity index (χ0) is 49.2. The molecule has 0 aromatic carbocycles. The summed E-state index contributed by atoms with van der Waals surface area (Å²) in [6, 6.07) is -0.742. The van der Waals surface area contributed by atoms with Crippen molar-refractivity contribution < 1.29 is 38.2 Å². The summed E-state index contributed by atoms with van der Waals surface area (Å²) in [5.41, 5.74) is 0. The molecule has 0 saturated heterocycles. The zero-order valence-corrected chi connectivity index (χ0v) is 43.0. The van der Waals surface area contributed by atoms with E-state index in [0.29, 0.717) is 12.8 Å². The summed E-state index contributed by atoms with van der Waals surface area (Å²) in [5, 5.41) is 11.7. The van der Waals surface area contributed by atoms with Gasteiger partial charge in [-0.25, -0.2) is 0 Å². The number of hydrogen-bond acceptors (Lipinski definition) is 7. The van der Waals surface area contributed by atoms with Gasteiger partial charge in [0.1, 0.15) is 12.6 Å². The van der Waals surface area contributed by atoms with Crippen LogP contribution in [0.1, 0.15) is 181 Å². The molecule has 0 fully saturated rings. The minimum atomic E-state index is -1.14. The monoisotopic (exact) mass is 930 g/mol. The van der Waals surface area contributed by atoms with Crippen molar-refractivity contribution in [1.29, 1.82) is 0 Å². The van der Waals surface area contributed by atoms with Gasteiger partial charge in [0, 0.05) is 19.3 Å². The maximum atomic E-state index is 12.8. The predicted molar refractivity (Wildman–Crippen MR) is 281 cm³/mol. The molecule has 0 aromatic heterocycles. The fraction of sp³-hybridized carbons (Fsp3) is 0.610. The summed E-state index contributed by atoms with van der Waals surface area (Å²) >= 11 is 0. The average Bonchev–Trinajstić information content (AvgIpc) is 3.29. The molecular weight excluding hydrogens is 835 g/mol. The number of allylic oxidation sites excluding steroid dienone is 20. The van der Waals surface area contributed by atoms with E-state index < -0.39 is 18.1 Å². The molecule has 0 heterocycles. The third kappa shape index (κ3) is 46.6. The quantitative estimate of drug-likeness (QED) is 0.0259. The number of nitrogens with zero attached hydrogens (tertiary/aromatic N) is 1. The lowest BCUT2D eigenvalue weighted by Gasteiger charge is -2.34. The van der Waals surface area contributed by atoms with Crippen LogP contribution in [-0.4, -0.2) is 75.5 Å². The van der Waals surface area contributed by atoms with Crippen LogP contribution in [0.3, 0.4) is 0 Å². The van der Waals surface area contributed by atoms with Crippen molar-refractivity contribution in [2.75, 3.05) is 41.0 Å². The second kappa shape index (κ2) is 48.2. The highest BCUT2D eigenvalue weighted by Gasteiger charge is 2.25. The number of hydrogen-bond donors (Lipinski definition) is 0. The molecular formula is C59H95NO7. The van der Waals surface area contributed by atoms with Crippen LogP contribution in [0, 0.1) is 0 Å². The Morgan fingerprint density at radius 2 is 0.791 bits per heavy atom. The van der Waals surface area contributed by atoms with Gasteiger partial charge < -0.3 is 28.6 Å². The molecule has 0 aliphatic rings. The Morgan fingerprint density at radius 3 is 1.19 bits per heavy atom. The lowest BCUT2D eigenvalue weighted by atomic mass is 10.1. The molecule has 0 rings (SSSR count). The first kappa shape index (κ1) is 62.7. The van der Waals surface area contributed by atoms with E-state index in [1.54, 1.807) is 21.1 Å². The van der Waals surface area contributed by atoms with Gasteiger partial charge in [0.2, 0.25) is 0 Å². The highest BCUT2D eigenvalue weighted by Crippen LogP contribution is 2.14. The zero-order valence-electron chi connectivity index (χ0n) is 43.0. The van der Waals surface area contributed by atoms with Crippen molar-refractivity contribution in [3.8, 4) is 0 Å². The van der Waals surface area contributed by atoms with Crippen LogP contribution in [0.15, 0.2) is 122 Å². The van der Waals surface area contributed by atoms with Gasteiger partial charge >= 0.3 is 11.9 Å². The number of unbranched alkanes of at least 4 members (excludes halogenated alkanes) is 11. The molecule has 0 bridgehead atoms. The standard InChI is InChI=1S/C59H95NO7/c1-6-8-10-12-14-16-18-20-22-24-26-28-30-32-34-36-38-40-42-44-46-48-50-58(62)67-55(53-65-52-51-56(59(63)64)60(3,4)5)54-66-57(61)49-47-45-43-41-39-37-35-33-31-29-27-25-23-21-19-17-15-13-11-9-7-2/h8-11,14-17,20-23,26-29,33,35,39,41,55-56H,6-7,12-13,18-19,24-25,30-32,34,36-38,40,42-54H2,1-5H3/b10-8+,11-9+,16-14+,17-15+,22-20+,23-21+,28-26+,29-27+,35-33+,41-39+. The summed E-state index contributed by atoms with van der Waals surface area (Å²) in [4.78, 5) is 37.1. The molecule has 0 N–H and O–H groups in total. The predicted octanol–water partition coefficient (Wildman–Crippen LogP) is 14.0. The smallest absolute Gasteiger partial charge is 0.306 e. The topological polar surface area (TPSA) is 102 Å². The number of aliphatic carboxylic acids is 1. The molecule has 0 saturated carbocycles. The van der Waals surface area contributed by atoms with E-state index in [4.69, 9.17) is 14.2 Å². The largest absolute Gasteiger partial charge is 0.544 e. The van der Waals surface area contributed by atoms with Gasteiger partial charge in [-0.15, -0.1) is 0 Å². The van der Waals surface area contributed by atoms with Crippen LogP contribution in [0.5, 0.6) is 0 Å². The Balaban J connectivity index is 4.36. The molecule has 378 valence electrons. The minimum absolute atomic E-state index is 0.0159. The molecule has 8 heteroatoms. The lowest BCUT2D eigenvalue weighted by Crippen LogP contribution is -2.55. The Morgan fingerprint density at radius 1 is 0.448 bits per heavy atom. The Hall–Kier alpha value is -4.27. The third-order valence-corrected chi connectivity index (χ3v) is 10.8. The third-order valence-electron chi connectivity index (χ3n) is 10.8. The van der Waals surface area contributed by atoms with Crippen molar-refractivity contribution in [1.82, 2.24) is 0 Å². The number of rotatable bonds is 45. The molecule has 2 unspecified atom stereocenters. The number of carboxylic acid groups (broad SMARTS) is 1. The van der Waals surface area contributed by atoms with Gasteiger partial charge in [-0.1, -0.05) is 180 Å². The van der Waals surface area contributed by atoms with Crippen molar-refractivity contribution >= 4 is 17.9 Å². The second-order valence-electron chi connectivity index (χ2n) is 18.0. The van der Waals surface area contributed by atoms with Crippen molar-refractivity contribution in [3.63, 3.8) is 0 Å². The lowest BCUT2D eigenvalue weighted by molar-refractivity contribution is -0.889. The first-order valence-electron chi connectivity index (χ1n) is 26.1. The van der Waals surface area contributed by atoms with Crippen LogP contribution in [-0.2, 0) is 28.6 Å². The number of ether oxygens (including phenoxy) is 3. The average molecular weight is 930 g/mol. The fourth-order valence-corrected chi connectivity index (χ4v) is 6.89. The number of carbonyl (C=O) groups excluding carboxylic acids is 3. The molecule has 0 aliphatic heterocycles. The van der Waals surface area contributed by atoms with E-state index in [1.165, 1.54) is 38.5 Å². The van der Waals surface area contributed by atoms with Crippen LogP contribution in [0.25, 0.3) is 0 Å². The van der Waals surface area contributed by atoms with E-state index >= 15 is 0 Å². The van der Waals surface area contributed by atoms with Crippen LogP contribution in [0.2, 0.25) is 0 Å². The SMILES string of the molecule is CC/C=C/C/C=C/C/C=C/C/C=C/C/C=C/C/C=C/CCCCC(=O)OCC(COCCC(C(=O)[O-])[N+](C)(C)C)OC(=O)CCCCCCCCCCC/C=C/C/C=C/C/C=C/C/C=C/CC. The van der Waals surface area contributed by atoms with Crippen LogP contribution >= 0.6 is 0 Å². The summed E-state index contributed by atoms with van der Waals surface area (Å²) in [6.07, 6.45) is 68.0. The second-order valence-corrected chi connectivity index (χ2v) is 18.0. The molecule has 0 spiro atoms. The number of esters is 2. The van der Waals surface area contributed by atoms with Crippen LogP contribution in [0.4, 0.5) is 0 Å². The van der Waals surface area contributed by atoms with E-state index in [1.807, 2.05) is 0 Å². The van der Waals surface area contributed by atoms with Gasteiger partial charge in [0.05, 0.1) is 40.3 Å². The highest BCUT2D eigenvalue weighted by molar-refractivity contribution is 5.70. The van der Waals surface area contributed by atoms with E-state index in [9.17, 15) is 19.5 Å². The molecule has 0 aliphatic carbocycles. The van der Waals surface area contributed by atoms with Gasteiger partial charge in [0.25, 0.3) is 0 Å². The van der Waals surface area contributed by atoms with Crippen molar-refractivity contribution in [2.45, 2.75) is 193 Å². The number of quaternary nitrogens is 1. The summed E-state index contributed by atoms with van der Waals surface area (Å²) in [5.74, 6) is -1.81. The summed E-state index contributed by atoms with van der Waals surface area (Å²) < 4.78 is 17.2. The fourth-order valence-electron chi connectivity index (χ4n) is 6.89. The van der Waals surface area contributed by atoms with Gasteiger partial charge in [-0.3, -0.25) is 9.59 Å². The van der Waals surface area contributed by atoms with Crippen molar-refractivity contribution in [3.05, 3.63) is 122 Å². The molecule has 67 heavy (non-hydrogen) atoms. The first-order chi connectivity index (χ1) is 32.6. The molecule has 0 aromatic rings. The molecule has 2 atom stereocenters. The molecule has 0 amide bonds. The number of carbonyl (C=O) groups is 3. The summed E-state index contributed by atoms with van der Waals surface area (Å²) in [6.45, 7) is 4.37.